The first-order valence-electron chi connectivity index (χ1n) is 6.63. The van der Waals surface area contributed by atoms with Gasteiger partial charge in [0.25, 0.3) is 5.89 Å². The maximum atomic E-state index is 5.86. The van der Waals surface area contributed by atoms with Crippen molar-refractivity contribution in [2.24, 2.45) is 0 Å². The minimum absolute atomic E-state index is 0.376. The Bertz CT molecular complexity index is 570. The summed E-state index contributed by atoms with van der Waals surface area (Å²) in [5.41, 5.74) is 0.878. The van der Waals surface area contributed by atoms with Crippen molar-refractivity contribution < 1.29 is 9.26 Å². The second kappa shape index (κ2) is 5.91. The number of nitrogens with zero attached hydrogens (tertiary/aromatic N) is 3. The highest BCUT2D eigenvalue weighted by molar-refractivity contribution is 6.30. The number of hydrogen-bond donors (Lipinski definition) is 0. The minimum Gasteiger partial charge on any atom is -0.379 e. The van der Waals surface area contributed by atoms with Crippen LogP contribution in [0, 0.1) is 0 Å². The summed E-state index contributed by atoms with van der Waals surface area (Å²) < 4.78 is 10.7. The third kappa shape index (κ3) is 3.00. The average Bonchev–Trinajstić information content (AvgIpc) is 2.91. The van der Waals surface area contributed by atoms with E-state index in [9.17, 15) is 0 Å². The molecule has 0 amide bonds. The Labute approximate surface area is 122 Å². The second-order valence-corrected chi connectivity index (χ2v) is 5.35. The van der Waals surface area contributed by atoms with Crippen molar-refractivity contribution in [2.75, 3.05) is 19.8 Å². The van der Waals surface area contributed by atoms with E-state index in [2.05, 4.69) is 22.0 Å². The smallest absolute Gasteiger partial charge is 0.257 e. The zero-order chi connectivity index (χ0) is 13.9. The van der Waals surface area contributed by atoms with Crippen LogP contribution >= 0.6 is 11.6 Å². The molecule has 106 valence electrons. The van der Waals surface area contributed by atoms with Crippen molar-refractivity contribution in [3.63, 3.8) is 0 Å². The summed E-state index contributed by atoms with van der Waals surface area (Å²) in [4.78, 5) is 6.73. The number of morpholine rings is 1. The molecule has 0 saturated carbocycles. The van der Waals surface area contributed by atoms with Crippen molar-refractivity contribution in [3.8, 4) is 11.5 Å². The van der Waals surface area contributed by atoms with E-state index in [0.717, 1.165) is 25.3 Å². The summed E-state index contributed by atoms with van der Waals surface area (Å²) >= 11 is 5.86. The van der Waals surface area contributed by atoms with E-state index in [1.807, 2.05) is 24.3 Å². The van der Waals surface area contributed by atoms with E-state index in [1.54, 1.807) is 0 Å². The zero-order valence-electron chi connectivity index (χ0n) is 11.3. The standard InChI is InChI=1S/C14H16ClN3O2/c1-10-9-19-7-6-18(10)8-13-16-14(20-17-13)11-2-4-12(15)5-3-11/h2-5,10H,6-9H2,1H3. The fraction of sp³-hybridized carbons (Fsp3) is 0.429. The highest BCUT2D eigenvalue weighted by Gasteiger charge is 2.21. The molecule has 1 aromatic heterocycles. The number of ether oxygens (including phenoxy) is 1. The first-order chi connectivity index (χ1) is 9.72. The number of hydrogen-bond acceptors (Lipinski definition) is 5. The lowest BCUT2D eigenvalue weighted by Gasteiger charge is -2.31. The van der Waals surface area contributed by atoms with Crippen LogP contribution in [-0.4, -0.2) is 40.8 Å². The molecule has 0 aliphatic carbocycles. The third-order valence-corrected chi connectivity index (χ3v) is 3.66. The van der Waals surface area contributed by atoms with E-state index in [1.165, 1.54) is 0 Å². The van der Waals surface area contributed by atoms with Crippen molar-refractivity contribution in [3.05, 3.63) is 35.1 Å². The van der Waals surface area contributed by atoms with Gasteiger partial charge >= 0.3 is 0 Å². The van der Waals surface area contributed by atoms with E-state index in [0.29, 0.717) is 29.3 Å². The Morgan fingerprint density at radius 2 is 2.15 bits per heavy atom. The Morgan fingerprint density at radius 3 is 2.90 bits per heavy atom. The normalized spacial score (nSPS) is 20.2. The van der Waals surface area contributed by atoms with Gasteiger partial charge in [0.05, 0.1) is 19.8 Å². The number of halogens is 1. The van der Waals surface area contributed by atoms with Crippen LogP contribution in [0.15, 0.2) is 28.8 Å². The molecule has 0 spiro atoms. The van der Waals surface area contributed by atoms with Crippen LogP contribution in [0.3, 0.4) is 0 Å². The minimum atomic E-state index is 0.376. The van der Waals surface area contributed by atoms with Gasteiger partial charge in [0, 0.05) is 23.2 Å². The first kappa shape index (κ1) is 13.5. The molecule has 1 atom stereocenters. The fourth-order valence-electron chi connectivity index (χ4n) is 2.21. The Kier molecular flexibility index (Phi) is 4.00. The summed E-state index contributed by atoms with van der Waals surface area (Å²) in [7, 11) is 0. The number of benzene rings is 1. The van der Waals surface area contributed by atoms with E-state index < -0.39 is 0 Å². The van der Waals surface area contributed by atoms with Gasteiger partial charge in [-0.25, -0.2) is 0 Å². The molecule has 2 aromatic rings. The third-order valence-electron chi connectivity index (χ3n) is 3.41. The number of aromatic nitrogens is 2. The Hall–Kier alpha value is -1.43. The van der Waals surface area contributed by atoms with Crippen LogP contribution in [0.1, 0.15) is 12.7 Å². The highest BCUT2D eigenvalue weighted by atomic mass is 35.5. The van der Waals surface area contributed by atoms with Gasteiger partial charge in [-0.05, 0) is 31.2 Å². The molecule has 6 heteroatoms. The van der Waals surface area contributed by atoms with Crippen LogP contribution in [0.5, 0.6) is 0 Å². The van der Waals surface area contributed by atoms with Gasteiger partial charge in [-0.3, -0.25) is 4.90 Å². The summed E-state index contributed by atoms with van der Waals surface area (Å²) in [5, 5.41) is 4.73. The molecule has 1 aliphatic rings. The zero-order valence-corrected chi connectivity index (χ0v) is 12.0. The Morgan fingerprint density at radius 1 is 1.35 bits per heavy atom. The van der Waals surface area contributed by atoms with Crippen LogP contribution in [0.25, 0.3) is 11.5 Å². The molecule has 0 radical (unpaired) electrons. The van der Waals surface area contributed by atoms with E-state index in [-0.39, 0.29) is 0 Å². The van der Waals surface area contributed by atoms with Gasteiger partial charge in [0.2, 0.25) is 0 Å². The van der Waals surface area contributed by atoms with Crippen molar-refractivity contribution >= 4 is 11.6 Å². The van der Waals surface area contributed by atoms with Gasteiger partial charge in [-0.1, -0.05) is 16.8 Å². The summed E-state index contributed by atoms with van der Waals surface area (Å²) in [6.07, 6.45) is 0. The summed E-state index contributed by atoms with van der Waals surface area (Å²) in [6.45, 7) is 5.22. The highest BCUT2D eigenvalue weighted by Crippen LogP contribution is 2.20. The molecule has 1 aromatic carbocycles. The lowest BCUT2D eigenvalue weighted by atomic mass is 10.2. The monoisotopic (exact) mass is 293 g/mol. The first-order valence-corrected chi connectivity index (χ1v) is 7.00. The Balaban J connectivity index is 1.71. The maximum Gasteiger partial charge on any atom is 0.257 e. The van der Waals surface area contributed by atoms with Crippen LogP contribution in [-0.2, 0) is 11.3 Å². The van der Waals surface area contributed by atoms with Gasteiger partial charge in [-0.15, -0.1) is 0 Å². The van der Waals surface area contributed by atoms with Crippen LogP contribution in [0.4, 0.5) is 0 Å². The molecule has 0 N–H and O–H groups in total. The molecule has 5 nitrogen and oxygen atoms in total. The quantitative estimate of drug-likeness (QED) is 0.871. The lowest BCUT2D eigenvalue weighted by Crippen LogP contribution is -2.43. The van der Waals surface area contributed by atoms with E-state index in [4.69, 9.17) is 20.9 Å². The van der Waals surface area contributed by atoms with Gasteiger partial charge in [0.1, 0.15) is 0 Å². The fourth-order valence-corrected chi connectivity index (χ4v) is 2.33. The predicted molar refractivity (Wildman–Crippen MR) is 75.4 cm³/mol. The van der Waals surface area contributed by atoms with Crippen LogP contribution < -0.4 is 0 Å². The molecular weight excluding hydrogens is 278 g/mol. The molecular formula is C14H16ClN3O2. The van der Waals surface area contributed by atoms with Crippen molar-refractivity contribution in [1.82, 2.24) is 15.0 Å². The van der Waals surface area contributed by atoms with Gasteiger partial charge in [0.15, 0.2) is 5.82 Å². The average molecular weight is 294 g/mol. The second-order valence-electron chi connectivity index (χ2n) is 4.92. The van der Waals surface area contributed by atoms with Crippen molar-refractivity contribution in [2.45, 2.75) is 19.5 Å². The number of rotatable bonds is 3. The molecule has 0 bridgehead atoms. The molecule has 1 saturated heterocycles. The maximum absolute atomic E-state index is 5.86. The topological polar surface area (TPSA) is 51.4 Å². The predicted octanol–water partition coefficient (Wildman–Crippen LogP) is 2.61. The molecule has 3 rings (SSSR count). The van der Waals surface area contributed by atoms with Crippen LogP contribution in [0.2, 0.25) is 5.02 Å². The van der Waals surface area contributed by atoms with Gasteiger partial charge in [-0.2, -0.15) is 4.98 Å². The summed E-state index contributed by atoms with van der Waals surface area (Å²) in [6, 6.07) is 7.74. The molecule has 1 unspecified atom stereocenters. The van der Waals surface area contributed by atoms with E-state index >= 15 is 0 Å². The SMILES string of the molecule is CC1COCCN1Cc1noc(-c2ccc(Cl)cc2)n1. The molecule has 20 heavy (non-hydrogen) atoms. The summed E-state index contributed by atoms with van der Waals surface area (Å²) in [5.74, 6) is 1.22. The molecule has 1 fully saturated rings. The molecule has 2 heterocycles. The largest absolute Gasteiger partial charge is 0.379 e. The lowest BCUT2D eigenvalue weighted by molar-refractivity contribution is -0.00575. The van der Waals surface area contributed by atoms with Crippen molar-refractivity contribution in [1.29, 1.82) is 0 Å². The van der Waals surface area contributed by atoms with Gasteiger partial charge < -0.3 is 9.26 Å². The molecule has 1 aliphatic heterocycles.